The second kappa shape index (κ2) is 8.51. The van der Waals surface area contributed by atoms with Gasteiger partial charge in [0.15, 0.2) is 0 Å². The average Bonchev–Trinajstić information content (AvgIpc) is 2.45. The van der Waals surface area contributed by atoms with Crippen molar-refractivity contribution in [3.8, 4) is 0 Å². The van der Waals surface area contributed by atoms with Gasteiger partial charge in [0.2, 0.25) is 0 Å². The number of urea groups is 1. The molecule has 0 unspecified atom stereocenters. The standard InChI is InChI=1S/C15H25N3O/c1-4-7-10-17-15(19)18(6-3)14(5-2)13-8-11-16-12-9-13/h8-9,11-12,14H,4-7,10H2,1-3H3,(H,17,19)/t14-/m1/s1. The summed E-state index contributed by atoms with van der Waals surface area (Å²) in [6.07, 6.45) is 6.57. The lowest BCUT2D eigenvalue weighted by Crippen LogP contribution is -2.42. The smallest absolute Gasteiger partial charge is 0.317 e. The first kappa shape index (κ1) is 15.5. The van der Waals surface area contributed by atoms with Gasteiger partial charge in [0.05, 0.1) is 6.04 Å². The third-order valence-electron chi connectivity index (χ3n) is 3.26. The summed E-state index contributed by atoms with van der Waals surface area (Å²) in [5.74, 6) is 0. The lowest BCUT2D eigenvalue weighted by atomic mass is 10.0. The lowest BCUT2D eigenvalue weighted by molar-refractivity contribution is 0.176. The largest absolute Gasteiger partial charge is 0.338 e. The van der Waals surface area contributed by atoms with Gasteiger partial charge < -0.3 is 10.2 Å². The van der Waals surface area contributed by atoms with Crippen molar-refractivity contribution in [1.29, 1.82) is 0 Å². The molecule has 4 heteroatoms. The van der Waals surface area contributed by atoms with Crippen molar-refractivity contribution in [3.63, 3.8) is 0 Å². The van der Waals surface area contributed by atoms with E-state index in [4.69, 9.17) is 0 Å². The van der Waals surface area contributed by atoms with E-state index in [1.54, 1.807) is 12.4 Å². The molecular formula is C15H25N3O. The number of hydrogen-bond donors (Lipinski definition) is 1. The fourth-order valence-corrected chi connectivity index (χ4v) is 2.20. The van der Waals surface area contributed by atoms with Crippen LogP contribution in [0.15, 0.2) is 24.5 Å². The van der Waals surface area contributed by atoms with Crippen molar-refractivity contribution in [1.82, 2.24) is 15.2 Å². The normalized spacial score (nSPS) is 11.9. The Labute approximate surface area is 116 Å². The molecule has 0 aromatic carbocycles. The number of carbonyl (C=O) groups is 1. The summed E-state index contributed by atoms with van der Waals surface area (Å²) in [5.41, 5.74) is 1.14. The maximum absolute atomic E-state index is 12.2. The van der Waals surface area contributed by atoms with E-state index >= 15 is 0 Å². The number of carbonyl (C=O) groups excluding carboxylic acids is 1. The van der Waals surface area contributed by atoms with Crippen molar-refractivity contribution in [2.24, 2.45) is 0 Å². The van der Waals surface area contributed by atoms with Gasteiger partial charge in [-0.05, 0) is 37.5 Å². The Bertz CT molecular complexity index is 367. The van der Waals surface area contributed by atoms with Gasteiger partial charge >= 0.3 is 6.03 Å². The Kier molecular flexibility index (Phi) is 6.93. The molecule has 0 saturated heterocycles. The molecule has 0 aliphatic carbocycles. The second-order valence-corrected chi connectivity index (χ2v) is 4.58. The molecule has 1 aromatic heterocycles. The highest BCUT2D eigenvalue weighted by atomic mass is 16.2. The van der Waals surface area contributed by atoms with Crippen molar-refractivity contribution in [2.75, 3.05) is 13.1 Å². The molecule has 1 aromatic rings. The second-order valence-electron chi connectivity index (χ2n) is 4.58. The summed E-state index contributed by atoms with van der Waals surface area (Å²) in [5, 5.41) is 2.99. The maximum Gasteiger partial charge on any atom is 0.317 e. The molecule has 1 atom stereocenters. The minimum atomic E-state index is 0.0274. The summed E-state index contributed by atoms with van der Waals surface area (Å²) >= 11 is 0. The third kappa shape index (κ3) is 4.54. The van der Waals surface area contributed by atoms with Crippen molar-refractivity contribution in [3.05, 3.63) is 30.1 Å². The summed E-state index contributed by atoms with van der Waals surface area (Å²) in [6, 6.07) is 4.11. The van der Waals surface area contributed by atoms with E-state index in [2.05, 4.69) is 24.1 Å². The number of rotatable bonds is 7. The molecule has 19 heavy (non-hydrogen) atoms. The van der Waals surface area contributed by atoms with E-state index in [0.29, 0.717) is 6.54 Å². The van der Waals surface area contributed by atoms with Gasteiger partial charge in [-0.25, -0.2) is 4.79 Å². The van der Waals surface area contributed by atoms with E-state index in [1.807, 2.05) is 24.0 Å². The fraction of sp³-hybridized carbons (Fsp3) is 0.600. The highest BCUT2D eigenvalue weighted by Crippen LogP contribution is 2.23. The van der Waals surface area contributed by atoms with Crippen LogP contribution in [0.1, 0.15) is 51.6 Å². The van der Waals surface area contributed by atoms with Gasteiger partial charge in [-0.15, -0.1) is 0 Å². The highest BCUT2D eigenvalue weighted by Gasteiger charge is 2.21. The van der Waals surface area contributed by atoms with Crippen LogP contribution in [0.25, 0.3) is 0 Å². The summed E-state index contributed by atoms with van der Waals surface area (Å²) in [7, 11) is 0. The first-order valence-electron chi connectivity index (χ1n) is 7.18. The van der Waals surface area contributed by atoms with Gasteiger partial charge in [0.25, 0.3) is 0 Å². The zero-order valence-corrected chi connectivity index (χ0v) is 12.2. The number of nitrogens with zero attached hydrogens (tertiary/aromatic N) is 2. The van der Waals surface area contributed by atoms with Crippen molar-refractivity contribution >= 4 is 6.03 Å². The number of aromatic nitrogens is 1. The van der Waals surface area contributed by atoms with Gasteiger partial charge in [0, 0.05) is 25.5 Å². The van der Waals surface area contributed by atoms with Crippen molar-refractivity contribution < 1.29 is 4.79 Å². The summed E-state index contributed by atoms with van der Waals surface area (Å²) < 4.78 is 0. The van der Waals surface area contributed by atoms with Crippen LogP contribution in [0.4, 0.5) is 4.79 Å². The van der Waals surface area contributed by atoms with Gasteiger partial charge in [-0.1, -0.05) is 20.3 Å². The minimum Gasteiger partial charge on any atom is -0.338 e. The van der Waals surface area contributed by atoms with E-state index < -0.39 is 0 Å². The Hall–Kier alpha value is -1.58. The third-order valence-corrected chi connectivity index (χ3v) is 3.26. The fourth-order valence-electron chi connectivity index (χ4n) is 2.20. The van der Waals surface area contributed by atoms with Gasteiger partial charge in [0.1, 0.15) is 0 Å². The van der Waals surface area contributed by atoms with E-state index in [0.717, 1.165) is 31.4 Å². The topological polar surface area (TPSA) is 45.2 Å². The molecule has 1 N–H and O–H groups in total. The number of pyridine rings is 1. The molecule has 0 radical (unpaired) electrons. The molecule has 1 heterocycles. The Balaban J connectivity index is 2.73. The number of amides is 2. The van der Waals surface area contributed by atoms with Crippen LogP contribution in [-0.2, 0) is 0 Å². The van der Waals surface area contributed by atoms with Crippen LogP contribution >= 0.6 is 0 Å². The van der Waals surface area contributed by atoms with Crippen LogP contribution < -0.4 is 5.32 Å². The molecule has 4 nitrogen and oxygen atoms in total. The molecule has 0 bridgehead atoms. The van der Waals surface area contributed by atoms with E-state index in [1.165, 1.54) is 0 Å². The first-order valence-corrected chi connectivity index (χ1v) is 7.18. The van der Waals surface area contributed by atoms with Crippen LogP contribution in [-0.4, -0.2) is 29.0 Å². The lowest BCUT2D eigenvalue weighted by Gasteiger charge is -2.30. The Morgan fingerprint density at radius 2 is 2.00 bits per heavy atom. The van der Waals surface area contributed by atoms with Crippen molar-refractivity contribution in [2.45, 2.75) is 46.1 Å². The highest BCUT2D eigenvalue weighted by molar-refractivity contribution is 5.74. The zero-order valence-electron chi connectivity index (χ0n) is 12.2. The molecule has 0 fully saturated rings. The molecular weight excluding hydrogens is 238 g/mol. The SMILES string of the molecule is CCCCNC(=O)N(CC)[C@H](CC)c1ccncc1. The first-order chi connectivity index (χ1) is 9.24. The molecule has 2 amide bonds. The molecule has 0 aliphatic heterocycles. The quantitative estimate of drug-likeness (QED) is 0.767. The summed E-state index contributed by atoms with van der Waals surface area (Å²) in [6.45, 7) is 7.70. The molecule has 0 aliphatic rings. The Morgan fingerprint density at radius 1 is 1.32 bits per heavy atom. The number of nitrogens with one attached hydrogen (secondary N) is 1. The Morgan fingerprint density at radius 3 is 2.53 bits per heavy atom. The summed E-state index contributed by atoms with van der Waals surface area (Å²) in [4.78, 5) is 18.1. The van der Waals surface area contributed by atoms with Crippen LogP contribution in [0.2, 0.25) is 0 Å². The van der Waals surface area contributed by atoms with E-state index in [9.17, 15) is 4.79 Å². The molecule has 0 spiro atoms. The maximum atomic E-state index is 12.2. The predicted octanol–water partition coefficient (Wildman–Crippen LogP) is 3.36. The van der Waals surface area contributed by atoms with Crippen LogP contribution in [0.3, 0.4) is 0 Å². The zero-order chi connectivity index (χ0) is 14.1. The van der Waals surface area contributed by atoms with Crippen LogP contribution in [0.5, 0.6) is 0 Å². The molecule has 1 rings (SSSR count). The molecule has 106 valence electrons. The van der Waals surface area contributed by atoms with Gasteiger partial charge in [-0.3, -0.25) is 4.98 Å². The minimum absolute atomic E-state index is 0.0274. The van der Waals surface area contributed by atoms with Gasteiger partial charge in [-0.2, -0.15) is 0 Å². The molecule has 0 saturated carbocycles. The van der Waals surface area contributed by atoms with E-state index in [-0.39, 0.29) is 12.1 Å². The predicted molar refractivity (Wildman–Crippen MR) is 78.0 cm³/mol. The average molecular weight is 263 g/mol. The number of unbranched alkanes of at least 4 members (excludes halogenated alkanes) is 1. The number of hydrogen-bond acceptors (Lipinski definition) is 2. The monoisotopic (exact) mass is 263 g/mol. The van der Waals surface area contributed by atoms with Crippen LogP contribution in [0, 0.1) is 0 Å².